The number of halogens is 2. The molecule has 0 aliphatic carbocycles. The molecule has 1 unspecified atom stereocenters. The standard InChI is InChI=1S/C11H14BrClN2O/c1-2-3-9(14)11(16)15-10-6-7(13)4-5-8(10)12/h4-6,9H,2-3,14H2,1H3,(H,15,16). The molecule has 1 aromatic rings. The summed E-state index contributed by atoms with van der Waals surface area (Å²) in [5, 5.41) is 3.31. The van der Waals surface area contributed by atoms with Crippen LogP contribution in [0.5, 0.6) is 0 Å². The molecule has 0 aliphatic rings. The van der Waals surface area contributed by atoms with Gasteiger partial charge in [-0.15, -0.1) is 0 Å². The SMILES string of the molecule is CCCC(N)C(=O)Nc1cc(Cl)ccc1Br. The minimum absolute atomic E-state index is 0.190. The van der Waals surface area contributed by atoms with Crippen molar-refractivity contribution in [2.45, 2.75) is 25.8 Å². The average Bonchev–Trinajstić information content (AvgIpc) is 2.23. The maximum atomic E-state index is 11.7. The highest BCUT2D eigenvalue weighted by atomic mass is 79.9. The van der Waals surface area contributed by atoms with Crippen molar-refractivity contribution >= 4 is 39.1 Å². The zero-order valence-corrected chi connectivity index (χ0v) is 11.3. The third-order valence-corrected chi connectivity index (χ3v) is 3.05. The molecule has 0 heterocycles. The predicted octanol–water partition coefficient (Wildman–Crippen LogP) is 3.17. The van der Waals surface area contributed by atoms with Crippen molar-refractivity contribution in [2.75, 3.05) is 5.32 Å². The smallest absolute Gasteiger partial charge is 0.241 e. The second kappa shape index (κ2) is 6.23. The van der Waals surface area contributed by atoms with Gasteiger partial charge in [-0.3, -0.25) is 4.79 Å². The lowest BCUT2D eigenvalue weighted by atomic mass is 10.1. The van der Waals surface area contributed by atoms with Crippen LogP contribution in [0.2, 0.25) is 5.02 Å². The summed E-state index contributed by atoms with van der Waals surface area (Å²) >= 11 is 9.17. The Labute approximate surface area is 108 Å². The van der Waals surface area contributed by atoms with Gasteiger partial charge in [0.2, 0.25) is 5.91 Å². The fourth-order valence-corrected chi connectivity index (χ4v) is 1.78. The van der Waals surface area contributed by atoms with Crippen LogP contribution in [-0.2, 0) is 4.79 Å². The van der Waals surface area contributed by atoms with Crippen LogP contribution in [0.3, 0.4) is 0 Å². The molecule has 3 nitrogen and oxygen atoms in total. The Bertz CT molecular complexity index is 384. The second-order valence-corrected chi connectivity index (χ2v) is 4.80. The molecule has 0 fully saturated rings. The van der Waals surface area contributed by atoms with Crippen LogP contribution in [0.1, 0.15) is 19.8 Å². The predicted molar refractivity (Wildman–Crippen MR) is 70.7 cm³/mol. The lowest BCUT2D eigenvalue weighted by Crippen LogP contribution is -2.35. The summed E-state index contributed by atoms with van der Waals surface area (Å²) in [6.45, 7) is 1.99. The Morgan fingerprint density at radius 2 is 2.31 bits per heavy atom. The van der Waals surface area contributed by atoms with Gasteiger partial charge in [0, 0.05) is 9.50 Å². The molecule has 0 bridgehead atoms. The van der Waals surface area contributed by atoms with Gasteiger partial charge in [0.05, 0.1) is 11.7 Å². The van der Waals surface area contributed by atoms with Gasteiger partial charge >= 0.3 is 0 Å². The van der Waals surface area contributed by atoms with E-state index in [0.717, 1.165) is 10.9 Å². The van der Waals surface area contributed by atoms with Gasteiger partial charge in [-0.05, 0) is 40.5 Å². The quantitative estimate of drug-likeness (QED) is 0.897. The molecular formula is C11H14BrClN2O. The number of carbonyl (C=O) groups excluding carboxylic acids is 1. The minimum atomic E-state index is -0.476. The molecule has 1 amide bonds. The second-order valence-electron chi connectivity index (χ2n) is 3.51. The Morgan fingerprint density at radius 3 is 2.94 bits per heavy atom. The molecule has 0 spiro atoms. The molecule has 1 atom stereocenters. The van der Waals surface area contributed by atoms with Crippen LogP contribution in [0.4, 0.5) is 5.69 Å². The van der Waals surface area contributed by atoms with Crippen molar-refractivity contribution in [1.82, 2.24) is 0 Å². The molecular weight excluding hydrogens is 291 g/mol. The summed E-state index contributed by atoms with van der Waals surface area (Å²) in [6, 6.07) is 4.73. The Balaban J connectivity index is 2.72. The van der Waals surface area contributed by atoms with E-state index < -0.39 is 6.04 Å². The zero-order chi connectivity index (χ0) is 12.1. The number of hydrogen-bond acceptors (Lipinski definition) is 2. The van der Waals surface area contributed by atoms with Gasteiger partial charge in [0.15, 0.2) is 0 Å². The molecule has 1 rings (SSSR count). The number of amides is 1. The van der Waals surface area contributed by atoms with Crippen LogP contribution in [-0.4, -0.2) is 11.9 Å². The van der Waals surface area contributed by atoms with E-state index in [9.17, 15) is 4.79 Å². The molecule has 1 aromatic carbocycles. The van der Waals surface area contributed by atoms with Crippen LogP contribution in [0.25, 0.3) is 0 Å². The lowest BCUT2D eigenvalue weighted by Gasteiger charge is -2.12. The Kier molecular flexibility index (Phi) is 5.25. The summed E-state index contributed by atoms with van der Waals surface area (Å²) in [4.78, 5) is 11.7. The third-order valence-electron chi connectivity index (χ3n) is 2.12. The Morgan fingerprint density at radius 1 is 1.62 bits per heavy atom. The van der Waals surface area contributed by atoms with Crippen molar-refractivity contribution < 1.29 is 4.79 Å². The van der Waals surface area contributed by atoms with Crippen LogP contribution >= 0.6 is 27.5 Å². The van der Waals surface area contributed by atoms with E-state index in [1.807, 2.05) is 6.92 Å². The highest BCUT2D eigenvalue weighted by Crippen LogP contribution is 2.25. The average molecular weight is 306 g/mol. The number of hydrogen-bond donors (Lipinski definition) is 2. The summed E-state index contributed by atoms with van der Waals surface area (Å²) in [5.41, 5.74) is 6.35. The normalized spacial score (nSPS) is 12.2. The summed E-state index contributed by atoms with van der Waals surface area (Å²) < 4.78 is 0.786. The van der Waals surface area contributed by atoms with E-state index in [1.165, 1.54) is 0 Å². The largest absolute Gasteiger partial charge is 0.324 e. The van der Waals surface area contributed by atoms with Gasteiger partial charge < -0.3 is 11.1 Å². The van der Waals surface area contributed by atoms with Crippen LogP contribution in [0, 0.1) is 0 Å². The maximum Gasteiger partial charge on any atom is 0.241 e. The topological polar surface area (TPSA) is 55.1 Å². The van der Waals surface area contributed by atoms with E-state index in [1.54, 1.807) is 18.2 Å². The maximum absolute atomic E-state index is 11.7. The van der Waals surface area contributed by atoms with Crippen molar-refractivity contribution in [1.29, 1.82) is 0 Å². The number of carbonyl (C=O) groups is 1. The van der Waals surface area contributed by atoms with Crippen molar-refractivity contribution in [3.05, 3.63) is 27.7 Å². The summed E-state index contributed by atoms with van der Waals surface area (Å²) in [5.74, 6) is -0.190. The monoisotopic (exact) mass is 304 g/mol. The highest BCUT2D eigenvalue weighted by molar-refractivity contribution is 9.10. The number of nitrogens with one attached hydrogen (secondary N) is 1. The number of rotatable bonds is 4. The first-order chi connectivity index (χ1) is 7.54. The number of nitrogens with two attached hydrogens (primary N) is 1. The number of benzene rings is 1. The summed E-state index contributed by atoms with van der Waals surface area (Å²) in [6.07, 6.45) is 1.55. The molecule has 0 aliphatic heterocycles. The van der Waals surface area contributed by atoms with Gasteiger partial charge in [0.1, 0.15) is 0 Å². The molecule has 0 saturated heterocycles. The van der Waals surface area contributed by atoms with Crippen LogP contribution in [0.15, 0.2) is 22.7 Å². The van der Waals surface area contributed by atoms with Crippen molar-refractivity contribution in [2.24, 2.45) is 5.73 Å². The van der Waals surface area contributed by atoms with Gasteiger partial charge in [0.25, 0.3) is 0 Å². The fraction of sp³-hybridized carbons (Fsp3) is 0.364. The van der Waals surface area contributed by atoms with E-state index >= 15 is 0 Å². The molecule has 5 heteroatoms. The third kappa shape index (κ3) is 3.77. The van der Waals surface area contributed by atoms with Gasteiger partial charge in [-0.25, -0.2) is 0 Å². The van der Waals surface area contributed by atoms with E-state index in [4.69, 9.17) is 17.3 Å². The van der Waals surface area contributed by atoms with Gasteiger partial charge in [-0.1, -0.05) is 24.9 Å². The van der Waals surface area contributed by atoms with E-state index in [-0.39, 0.29) is 5.91 Å². The lowest BCUT2D eigenvalue weighted by molar-refractivity contribution is -0.117. The highest BCUT2D eigenvalue weighted by Gasteiger charge is 2.13. The van der Waals surface area contributed by atoms with E-state index in [2.05, 4.69) is 21.2 Å². The summed E-state index contributed by atoms with van der Waals surface area (Å²) in [7, 11) is 0. The molecule has 0 radical (unpaired) electrons. The first-order valence-corrected chi connectivity index (χ1v) is 6.23. The number of anilines is 1. The van der Waals surface area contributed by atoms with Crippen molar-refractivity contribution in [3.8, 4) is 0 Å². The molecule has 88 valence electrons. The first-order valence-electron chi connectivity index (χ1n) is 5.06. The van der Waals surface area contributed by atoms with E-state index in [0.29, 0.717) is 17.1 Å². The zero-order valence-electron chi connectivity index (χ0n) is 8.97. The Hall–Kier alpha value is -0.580. The van der Waals surface area contributed by atoms with Gasteiger partial charge in [-0.2, -0.15) is 0 Å². The molecule has 16 heavy (non-hydrogen) atoms. The first kappa shape index (κ1) is 13.5. The van der Waals surface area contributed by atoms with Crippen molar-refractivity contribution in [3.63, 3.8) is 0 Å². The molecule has 0 saturated carbocycles. The fourth-order valence-electron chi connectivity index (χ4n) is 1.26. The molecule has 0 aromatic heterocycles. The van der Waals surface area contributed by atoms with Crippen LogP contribution < -0.4 is 11.1 Å². The molecule has 3 N–H and O–H groups in total. The minimum Gasteiger partial charge on any atom is -0.324 e.